The molecule has 0 saturated heterocycles. The molecule has 0 saturated carbocycles. The van der Waals surface area contributed by atoms with E-state index in [1.165, 1.54) is 0 Å². The lowest BCUT2D eigenvalue weighted by Crippen LogP contribution is -2.04. The molecule has 0 bridgehead atoms. The molecule has 2 rings (SSSR count). The van der Waals surface area contributed by atoms with Crippen molar-refractivity contribution in [1.82, 2.24) is 0 Å². The molecule has 1 nitrogen and oxygen atoms in total. The van der Waals surface area contributed by atoms with E-state index in [2.05, 4.69) is 0 Å². The molecule has 0 unspecified atom stereocenters. The number of carbonyl (C=O) groups is 1. The third-order valence-electron chi connectivity index (χ3n) is 3.16. The quantitative estimate of drug-likeness (QED) is 0.626. The lowest BCUT2D eigenvalue weighted by molar-refractivity contribution is 0.0972. The molecule has 0 spiro atoms. The van der Waals surface area contributed by atoms with Gasteiger partial charge in [0, 0.05) is 22.0 Å². The van der Waals surface area contributed by atoms with Crippen molar-refractivity contribution in [2.75, 3.05) is 0 Å². The average molecular weight is 319 g/mol. The van der Waals surface area contributed by atoms with Crippen molar-refractivity contribution in [3.8, 4) is 0 Å². The largest absolute Gasteiger partial charge is 0.294 e. The van der Waals surface area contributed by atoms with Crippen molar-refractivity contribution in [2.24, 2.45) is 5.92 Å². The van der Waals surface area contributed by atoms with Crippen LogP contribution in [-0.4, -0.2) is 5.78 Å². The fourth-order valence-corrected chi connectivity index (χ4v) is 2.22. The van der Waals surface area contributed by atoms with Gasteiger partial charge in [-0.05, 0) is 47.9 Å². The van der Waals surface area contributed by atoms with Gasteiger partial charge in [0.05, 0.1) is 0 Å². The first kappa shape index (κ1) is 15.8. The number of Topliss-reactive ketones (excluding diaryl/α,β-unsaturated/α-hetero) is 1. The van der Waals surface area contributed by atoms with E-state index >= 15 is 0 Å². The van der Waals surface area contributed by atoms with Crippen molar-refractivity contribution in [3.05, 3.63) is 75.8 Å². The van der Waals surface area contributed by atoms with Crippen LogP contribution in [0.15, 0.2) is 54.6 Å². The highest BCUT2D eigenvalue weighted by molar-refractivity contribution is 6.30. The molecule has 2 aromatic rings. The molecule has 3 heteroatoms. The fourth-order valence-electron chi connectivity index (χ4n) is 1.96. The zero-order chi connectivity index (χ0) is 15.2. The summed E-state index contributed by atoms with van der Waals surface area (Å²) in [6, 6.07) is 14.6. The number of allylic oxidation sites excluding steroid dienone is 1. The maximum absolute atomic E-state index is 12.1. The zero-order valence-electron chi connectivity index (χ0n) is 11.7. The van der Waals surface area contributed by atoms with Crippen LogP contribution in [-0.2, 0) is 0 Å². The Labute approximate surface area is 135 Å². The number of carbonyl (C=O) groups excluding carboxylic acids is 1. The SMILES string of the molecule is C[C@H](/C=C/c1ccc(Cl)cc1)CC(=O)c1ccc(Cl)cc1. The van der Waals surface area contributed by atoms with Gasteiger partial charge in [0.1, 0.15) is 0 Å². The minimum absolute atomic E-state index is 0.125. The van der Waals surface area contributed by atoms with Crippen LogP contribution in [0.4, 0.5) is 0 Å². The Hall–Kier alpha value is -1.57. The van der Waals surface area contributed by atoms with Gasteiger partial charge in [-0.1, -0.05) is 54.4 Å². The second kappa shape index (κ2) is 7.44. The van der Waals surface area contributed by atoms with Crippen LogP contribution in [0.5, 0.6) is 0 Å². The molecule has 2 aromatic carbocycles. The van der Waals surface area contributed by atoms with Crippen LogP contribution >= 0.6 is 23.2 Å². The van der Waals surface area contributed by atoms with E-state index in [-0.39, 0.29) is 11.7 Å². The normalized spacial score (nSPS) is 12.5. The van der Waals surface area contributed by atoms with E-state index in [4.69, 9.17) is 23.2 Å². The predicted octanol–water partition coefficient (Wildman–Crippen LogP) is 5.92. The number of benzene rings is 2. The third-order valence-corrected chi connectivity index (χ3v) is 3.66. The van der Waals surface area contributed by atoms with Gasteiger partial charge >= 0.3 is 0 Å². The minimum atomic E-state index is 0.125. The van der Waals surface area contributed by atoms with Crippen LogP contribution in [0.3, 0.4) is 0 Å². The van der Waals surface area contributed by atoms with Crippen molar-refractivity contribution in [3.63, 3.8) is 0 Å². The molecule has 0 aliphatic carbocycles. The summed E-state index contributed by atoms with van der Waals surface area (Å²) in [6.07, 6.45) is 4.53. The van der Waals surface area contributed by atoms with Crippen molar-refractivity contribution < 1.29 is 4.79 Å². The van der Waals surface area contributed by atoms with E-state index in [0.717, 1.165) is 10.6 Å². The zero-order valence-corrected chi connectivity index (χ0v) is 13.2. The van der Waals surface area contributed by atoms with Gasteiger partial charge in [0.15, 0.2) is 5.78 Å². The molecule has 0 aliphatic heterocycles. The number of hydrogen-bond donors (Lipinski definition) is 0. The van der Waals surface area contributed by atoms with E-state index in [0.29, 0.717) is 17.0 Å². The van der Waals surface area contributed by atoms with Gasteiger partial charge in [0.2, 0.25) is 0 Å². The van der Waals surface area contributed by atoms with Gasteiger partial charge in [-0.15, -0.1) is 0 Å². The average Bonchev–Trinajstić information content (AvgIpc) is 2.47. The summed E-state index contributed by atoms with van der Waals surface area (Å²) in [4.78, 5) is 12.1. The first-order valence-electron chi connectivity index (χ1n) is 6.77. The van der Waals surface area contributed by atoms with Gasteiger partial charge in [0.25, 0.3) is 0 Å². The summed E-state index contributed by atoms with van der Waals surface area (Å²) in [5, 5.41) is 1.36. The number of rotatable bonds is 5. The van der Waals surface area contributed by atoms with Gasteiger partial charge in [-0.25, -0.2) is 0 Å². The maximum atomic E-state index is 12.1. The first-order valence-corrected chi connectivity index (χ1v) is 7.53. The van der Waals surface area contributed by atoms with Crippen LogP contribution in [0.25, 0.3) is 6.08 Å². The standard InChI is InChI=1S/C18H16Cl2O/c1-13(2-3-14-4-8-16(19)9-5-14)12-18(21)15-6-10-17(20)11-7-15/h2-11,13H,12H2,1H3/b3-2+/t13-/m1/s1. The molecule has 0 N–H and O–H groups in total. The van der Waals surface area contributed by atoms with Crippen LogP contribution in [0.1, 0.15) is 29.3 Å². The third kappa shape index (κ3) is 5.04. The molecule has 0 aromatic heterocycles. The molecular formula is C18H16Cl2O. The van der Waals surface area contributed by atoms with Crippen LogP contribution in [0.2, 0.25) is 10.0 Å². The van der Waals surface area contributed by atoms with E-state index < -0.39 is 0 Å². The second-order valence-corrected chi connectivity index (χ2v) is 5.90. The van der Waals surface area contributed by atoms with Crippen molar-refractivity contribution in [1.29, 1.82) is 0 Å². The Morgan fingerprint density at radius 1 is 1.00 bits per heavy atom. The summed E-state index contributed by atoms with van der Waals surface area (Å²) in [6.45, 7) is 2.03. The Balaban J connectivity index is 1.94. The Bertz CT molecular complexity index is 627. The highest BCUT2D eigenvalue weighted by Crippen LogP contribution is 2.16. The molecule has 0 aliphatic rings. The van der Waals surface area contributed by atoms with Gasteiger partial charge < -0.3 is 0 Å². The first-order chi connectivity index (χ1) is 10.0. The van der Waals surface area contributed by atoms with Gasteiger partial charge in [-0.2, -0.15) is 0 Å². The summed E-state index contributed by atoms with van der Waals surface area (Å²) < 4.78 is 0. The lowest BCUT2D eigenvalue weighted by Gasteiger charge is -2.06. The lowest BCUT2D eigenvalue weighted by atomic mass is 9.99. The number of halogens is 2. The predicted molar refractivity (Wildman–Crippen MR) is 90.0 cm³/mol. The molecule has 0 fully saturated rings. The molecule has 0 heterocycles. The monoisotopic (exact) mass is 318 g/mol. The number of hydrogen-bond acceptors (Lipinski definition) is 1. The highest BCUT2D eigenvalue weighted by Gasteiger charge is 2.09. The molecule has 0 radical (unpaired) electrons. The molecule has 108 valence electrons. The van der Waals surface area contributed by atoms with E-state index in [1.807, 2.05) is 43.3 Å². The minimum Gasteiger partial charge on any atom is -0.294 e. The Morgan fingerprint density at radius 2 is 1.52 bits per heavy atom. The molecule has 1 atom stereocenters. The highest BCUT2D eigenvalue weighted by atomic mass is 35.5. The van der Waals surface area contributed by atoms with Crippen LogP contribution in [0, 0.1) is 5.92 Å². The molecule has 21 heavy (non-hydrogen) atoms. The molecular weight excluding hydrogens is 303 g/mol. The van der Waals surface area contributed by atoms with Crippen LogP contribution < -0.4 is 0 Å². The second-order valence-electron chi connectivity index (χ2n) is 5.02. The van der Waals surface area contributed by atoms with E-state index in [9.17, 15) is 4.79 Å². The summed E-state index contributed by atoms with van der Waals surface area (Å²) in [7, 11) is 0. The Kier molecular flexibility index (Phi) is 5.60. The van der Waals surface area contributed by atoms with Crippen molar-refractivity contribution >= 4 is 35.1 Å². The smallest absolute Gasteiger partial charge is 0.163 e. The summed E-state index contributed by atoms with van der Waals surface area (Å²) in [5.74, 6) is 0.295. The number of ketones is 1. The van der Waals surface area contributed by atoms with Gasteiger partial charge in [-0.3, -0.25) is 4.79 Å². The maximum Gasteiger partial charge on any atom is 0.163 e. The fraction of sp³-hybridized carbons (Fsp3) is 0.167. The summed E-state index contributed by atoms with van der Waals surface area (Å²) >= 11 is 11.7. The van der Waals surface area contributed by atoms with Crippen molar-refractivity contribution in [2.45, 2.75) is 13.3 Å². The topological polar surface area (TPSA) is 17.1 Å². The Morgan fingerprint density at radius 3 is 2.10 bits per heavy atom. The molecule has 0 amide bonds. The van der Waals surface area contributed by atoms with E-state index in [1.54, 1.807) is 24.3 Å². The summed E-state index contributed by atoms with van der Waals surface area (Å²) in [5.41, 5.74) is 1.77.